The third-order valence-corrected chi connectivity index (χ3v) is 2.90. The molecule has 112 valence electrons. The van der Waals surface area contributed by atoms with E-state index in [9.17, 15) is 0 Å². The van der Waals surface area contributed by atoms with Crippen molar-refractivity contribution in [3.05, 3.63) is 0 Å². The predicted octanol–water partition coefficient (Wildman–Crippen LogP) is 2.92. The van der Waals surface area contributed by atoms with Gasteiger partial charge in [-0.05, 0) is 26.7 Å². The van der Waals surface area contributed by atoms with Crippen LogP contribution in [0.2, 0.25) is 0 Å². The lowest BCUT2D eigenvalue weighted by Gasteiger charge is -2.26. The molecule has 0 amide bonds. The van der Waals surface area contributed by atoms with Crippen LogP contribution in [0.1, 0.15) is 41.0 Å². The number of methoxy groups -OCH3 is 2. The molecule has 0 spiro atoms. The second kappa shape index (κ2) is 6.78. The van der Waals surface area contributed by atoms with E-state index in [-0.39, 0.29) is 17.5 Å². The van der Waals surface area contributed by atoms with Crippen LogP contribution in [0.5, 0.6) is 0 Å². The largest absolute Gasteiger partial charge is 0.483 e. The Morgan fingerprint density at radius 2 is 1.70 bits per heavy atom. The van der Waals surface area contributed by atoms with Gasteiger partial charge >= 0.3 is 0 Å². The third-order valence-electron chi connectivity index (χ3n) is 2.90. The molecule has 0 aliphatic carbocycles. The molecule has 0 saturated heterocycles. The van der Waals surface area contributed by atoms with E-state index >= 15 is 0 Å². The van der Waals surface area contributed by atoms with Gasteiger partial charge < -0.3 is 9.47 Å². The Hall–Kier alpha value is -1.50. The molecule has 0 fully saturated rings. The van der Waals surface area contributed by atoms with E-state index in [1.807, 2.05) is 0 Å². The SMILES string of the molecule is COC1=N[C@H](CC#CC(C)(C)C)C(OC)=N[C@H]1C(C)C. The summed E-state index contributed by atoms with van der Waals surface area (Å²) < 4.78 is 10.8. The maximum absolute atomic E-state index is 5.38. The lowest BCUT2D eigenvalue weighted by atomic mass is 9.97. The van der Waals surface area contributed by atoms with Crippen molar-refractivity contribution in [2.75, 3.05) is 14.2 Å². The first-order chi connectivity index (χ1) is 9.28. The Bertz CT molecular complexity index is 447. The van der Waals surface area contributed by atoms with Crippen LogP contribution >= 0.6 is 0 Å². The normalized spacial score (nSPS) is 22.6. The minimum atomic E-state index is -0.167. The van der Waals surface area contributed by atoms with Crippen molar-refractivity contribution >= 4 is 11.8 Å². The molecule has 1 aliphatic heterocycles. The van der Waals surface area contributed by atoms with Gasteiger partial charge in [-0.1, -0.05) is 25.7 Å². The average Bonchev–Trinajstić information content (AvgIpc) is 2.36. The van der Waals surface area contributed by atoms with Gasteiger partial charge in [0.05, 0.1) is 14.2 Å². The van der Waals surface area contributed by atoms with Crippen LogP contribution in [0, 0.1) is 23.2 Å². The Morgan fingerprint density at radius 1 is 1.10 bits per heavy atom. The summed E-state index contributed by atoms with van der Waals surface area (Å²) in [6.45, 7) is 10.5. The van der Waals surface area contributed by atoms with Crippen LogP contribution < -0.4 is 0 Å². The summed E-state index contributed by atoms with van der Waals surface area (Å²) in [5, 5.41) is 0. The number of aliphatic imine (C=N–C) groups is 2. The lowest BCUT2D eigenvalue weighted by molar-refractivity contribution is 0.333. The second-order valence-corrected chi connectivity index (χ2v) is 6.30. The van der Waals surface area contributed by atoms with Gasteiger partial charge in [-0.15, -0.1) is 0 Å². The first kappa shape index (κ1) is 16.6. The lowest BCUT2D eigenvalue weighted by Crippen LogP contribution is -2.37. The summed E-state index contributed by atoms with van der Waals surface area (Å²) >= 11 is 0. The van der Waals surface area contributed by atoms with Crippen LogP contribution in [-0.4, -0.2) is 38.1 Å². The van der Waals surface area contributed by atoms with Gasteiger partial charge in [-0.2, -0.15) is 0 Å². The molecule has 0 radical (unpaired) electrons. The molecular weight excluding hydrogens is 252 g/mol. The summed E-state index contributed by atoms with van der Waals surface area (Å²) in [5.41, 5.74) is -0.00663. The van der Waals surface area contributed by atoms with Gasteiger partial charge in [-0.25, -0.2) is 9.98 Å². The third kappa shape index (κ3) is 4.56. The summed E-state index contributed by atoms with van der Waals surface area (Å²) in [6, 6.07) is -0.235. The van der Waals surface area contributed by atoms with Crippen molar-refractivity contribution in [3.8, 4) is 11.8 Å². The molecule has 0 aromatic carbocycles. The van der Waals surface area contributed by atoms with E-state index in [2.05, 4.69) is 56.4 Å². The van der Waals surface area contributed by atoms with Crippen molar-refractivity contribution in [3.63, 3.8) is 0 Å². The molecule has 1 rings (SSSR count). The first-order valence-electron chi connectivity index (χ1n) is 7.02. The highest BCUT2D eigenvalue weighted by atomic mass is 16.5. The Labute approximate surface area is 122 Å². The molecule has 20 heavy (non-hydrogen) atoms. The Kier molecular flexibility index (Phi) is 5.62. The predicted molar refractivity (Wildman–Crippen MR) is 83.2 cm³/mol. The van der Waals surface area contributed by atoms with E-state index in [0.717, 1.165) is 0 Å². The van der Waals surface area contributed by atoms with E-state index in [1.54, 1.807) is 14.2 Å². The second-order valence-electron chi connectivity index (χ2n) is 6.30. The van der Waals surface area contributed by atoms with E-state index < -0.39 is 0 Å². The molecule has 1 heterocycles. The molecular formula is C16H26N2O2. The molecule has 0 saturated carbocycles. The zero-order valence-electron chi connectivity index (χ0n) is 13.7. The summed E-state index contributed by atoms with van der Waals surface area (Å²) in [5.74, 6) is 8.02. The first-order valence-corrected chi connectivity index (χ1v) is 7.02. The fraction of sp³-hybridized carbons (Fsp3) is 0.750. The highest BCUT2D eigenvalue weighted by molar-refractivity contribution is 5.94. The molecule has 0 aromatic heterocycles. The Morgan fingerprint density at radius 3 is 2.15 bits per heavy atom. The van der Waals surface area contributed by atoms with Crippen molar-refractivity contribution in [2.45, 2.75) is 53.1 Å². The minimum absolute atomic E-state index is 0.00663. The van der Waals surface area contributed by atoms with Crippen LogP contribution in [-0.2, 0) is 9.47 Å². The van der Waals surface area contributed by atoms with Gasteiger partial charge in [0.1, 0.15) is 12.1 Å². The smallest absolute Gasteiger partial charge is 0.210 e. The fourth-order valence-corrected chi connectivity index (χ4v) is 1.91. The molecule has 0 bridgehead atoms. The van der Waals surface area contributed by atoms with Crippen LogP contribution in [0.25, 0.3) is 0 Å². The van der Waals surface area contributed by atoms with E-state index in [0.29, 0.717) is 24.1 Å². The zero-order valence-corrected chi connectivity index (χ0v) is 13.7. The van der Waals surface area contributed by atoms with Gasteiger partial charge in [0, 0.05) is 11.8 Å². The van der Waals surface area contributed by atoms with Crippen molar-refractivity contribution in [2.24, 2.45) is 21.3 Å². The summed E-state index contributed by atoms with van der Waals surface area (Å²) in [4.78, 5) is 9.23. The van der Waals surface area contributed by atoms with Gasteiger partial charge in [-0.3, -0.25) is 0 Å². The Balaban J connectivity index is 2.92. The number of ether oxygens (including phenoxy) is 2. The highest BCUT2D eigenvalue weighted by Gasteiger charge is 2.30. The maximum Gasteiger partial charge on any atom is 0.210 e. The van der Waals surface area contributed by atoms with Crippen molar-refractivity contribution in [1.29, 1.82) is 0 Å². The molecule has 0 N–H and O–H groups in total. The fourth-order valence-electron chi connectivity index (χ4n) is 1.91. The molecule has 4 nitrogen and oxygen atoms in total. The molecule has 0 unspecified atom stereocenters. The monoisotopic (exact) mass is 278 g/mol. The van der Waals surface area contributed by atoms with Gasteiger partial charge in [0.2, 0.25) is 11.8 Å². The molecule has 4 heteroatoms. The molecule has 1 aliphatic rings. The number of hydrogen-bond donors (Lipinski definition) is 0. The number of rotatable bonds is 2. The van der Waals surface area contributed by atoms with Crippen molar-refractivity contribution in [1.82, 2.24) is 0 Å². The van der Waals surface area contributed by atoms with Gasteiger partial charge in [0.25, 0.3) is 0 Å². The maximum atomic E-state index is 5.38. The quantitative estimate of drug-likeness (QED) is 0.729. The van der Waals surface area contributed by atoms with Crippen LogP contribution in [0.15, 0.2) is 9.98 Å². The number of hydrogen-bond acceptors (Lipinski definition) is 4. The van der Waals surface area contributed by atoms with Gasteiger partial charge in [0.15, 0.2) is 0 Å². The van der Waals surface area contributed by atoms with E-state index in [1.165, 1.54) is 0 Å². The standard InChI is InChI=1S/C16H26N2O2/c1-11(2)13-15(20-7)17-12(14(18-13)19-6)9-8-10-16(3,4)5/h11-13H,9H2,1-7H3/t12-,13+/m1/s1. The molecule has 0 aromatic rings. The van der Waals surface area contributed by atoms with Crippen molar-refractivity contribution < 1.29 is 9.47 Å². The zero-order chi connectivity index (χ0) is 15.3. The van der Waals surface area contributed by atoms with E-state index in [4.69, 9.17) is 9.47 Å². The summed E-state index contributed by atoms with van der Waals surface area (Å²) in [6.07, 6.45) is 0.599. The topological polar surface area (TPSA) is 43.2 Å². The average molecular weight is 278 g/mol. The van der Waals surface area contributed by atoms with Crippen LogP contribution in [0.4, 0.5) is 0 Å². The van der Waals surface area contributed by atoms with Crippen LogP contribution in [0.3, 0.4) is 0 Å². The molecule has 2 atom stereocenters. The number of nitrogens with zero attached hydrogens (tertiary/aromatic N) is 2. The summed E-state index contributed by atoms with van der Waals surface area (Å²) in [7, 11) is 3.27. The highest BCUT2D eigenvalue weighted by Crippen LogP contribution is 2.19. The minimum Gasteiger partial charge on any atom is -0.483 e.